The molecule has 1 aliphatic carbocycles. The van der Waals surface area contributed by atoms with Crippen LogP contribution >= 0.6 is 0 Å². The lowest BCUT2D eigenvalue weighted by Crippen LogP contribution is -2.30. The molecule has 88 valence electrons. The third kappa shape index (κ3) is 3.44. The third-order valence-corrected chi connectivity index (χ3v) is 3.58. The molecule has 3 nitrogen and oxygen atoms in total. The van der Waals surface area contributed by atoms with Crippen LogP contribution in [-0.4, -0.2) is 37.1 Å². The molecule has 0 aromatic heterocycles. The maximum atomic E-state index is 9.97. The number of rotatable bonds is 4. The number of hydrogen-bond donors (Lipinski definition) is 1. The molecular formula is C12H22O3. The third-order valence-electron chi connectivity index (χ3n) is 3.58. The SMILES string of the molecule is OC(COC1CCOC1)C1CCCCC1. The van der Waals surface area contributed by atoms with Crippen LogP contribution in [0.15, 0.2) is 0 Å². The second kappa shape index (κ2) is 5.83. The van der Waals surface area contributed by atoms with Crippen LogP contribution in [0.5, 0.6) is 0 Å². The van der Waals surface area contributed by atoms with Crippen molar-refractivity contribution in [3.63, 3.8) is 0 Å². The number of hydrogen-bond acceptors (Lipinski definition) is 3. The minimum atomic E-state index is -0.258. The van der Waals surface area contributed by atoms with Crippen molar-refractivity contribution in [2.45, 2.75) is 50.7 Å². The molecule has 2 rings (SSSR count). The summed E-state index contributed by atoms with van der Waals surface area (Å²) in [7, 11) is 0. The van der Waals surface area contributed by atoms with Crippen LogP contribution in [0, 0.1) is 5.92 Å². The summed E-state index contributed by atoms with van der Waals surface area (Å²) in [6.45, 7) is 2.01. The first kappa shape index (κ1) is 11.4. The van der Waals surface area contributed by atoms with Crippen LogP contribution in [0.3, 0.4) is 0 Å². The topological polar surface area (TPSA) is 38.7 Å². The van der Waals surface area contributed by atoms with Gasteiger partial charge in [0, 0.05) is 6.61 Å². The number of ether oxygens (including phenoxy) is 2. The van der Waals surface area contributed by atoms with Crippen LogP contribution in [0.2, 0.25) is 0 Å². The molecule has 0 aromatic rings. The van der Waals surface area contributed by atoms with E-state index in [-0.39, 0.29) is 12.2 Å². The van der Waals surface area contributed by atoms with E-state index in [4.69, 9.17) is 9.47 Å². The normalized spacial score (nSPS) is 30.6. The van der Waals surface area contributed by atoms with Gasteiger partial charge in [0.2, 0.25) is 0 Å². The Morgan fingerprint density at radius 2 is 2.00 bits per heavy atom. The highest BCUT2D eigenvalue weighted by Crippen LogP contribution is 2.26. The van der Waals surface area contributed by atoms with E-state index < -0.39 is 0 Å². The fourth-order valence-electron chi connectivity index (χ4n) is 2.53. The van der Waals surface area contributed by atoms with Crippen molar-refractivity contribution in [1.82, 2.24) is 0 Å². The first-order valence-electron chi connectivity index (χ1n) is 6.23. The van der Waals surface area contributed by atoms with Crippen LogP contribution in [0.1, 0.15) is 38.5 Å². The standard InChI is InChI=1S/C12H22O3/c13-12(10-4-2-1-3-5-10)9-15-11-6-7-14-8-11/h10-13H,1-9H2. The van der Waals surface area contributed by atoms with Gasteiger partial charge in [0.15, 0.2) is 0 Å². The molecule has 15 heavy (non-hydrogen) atoms. The Bertz CT molecular complexity index is 172. The van der Waals surface area contributed by atoms with Crippen molar-refractivity contribution < 1.29 is 14.6 Å². The molecule has 1 aliphatic heterocycles. The molecule has 3 heteroatoms. The maximum Gasteiger partial charge on any atom is 0.0831 e. The van der Waals surface area contributed by atoms with E-state index in [0.717, 1.165) is 13.0 Å². The van der Waals surface area contributed by atoms with E-state index in [0.29, 0.717) is 19.1 Å². The van der Waals surface area contributed by atoms with Crippen molar-refractivity contribution in [2.24, 2.45) is 5.92 Å². The summed E-state index contributed by atoms with van der Waals surface area (Å²) in [5.74, 6) is 0.473. The molecule has 2 atom stereocenters. The first-order chi connectivity index (χ1) is 7.36. The molecule has 1 N–H and O–H groups in total. The lowest BCUT2D eigenvalue weighted by Gasteiger charge is -2.27. The summed E-state index contributed by atoms with van der Waals surface area (Å²) in [6.07, 6.45) is 7.17. The van der Waals surface area contributed by atoms with Gasteiger partial charge in [-0.05, 0) is 25.2 Å². The van der Waals surface area contributed by atoms with Gasteiger partial charge in [-0.2, -0.15) is 0 Å². The zero-order chi connectivity index (χ0) is 10.5. The fourth-order valence-corrected chi connectivity index (χ4v) is 2.53. The van der Waals surface area contributed by atoms with Gasteiger partial charge < -0.3 is 14.6 Å². The zero-order valence-electron chi connectivity index (χ0n) is 9.36. The minimum Gasteiger partial charge on any atom is -0.390 e. The Morgan fingerprint density at radius 3 is 2.67 bits per heavy atom. The van der Waals surface area contributed by atoms with Gasteiger partial charge in [-0.3, -0.25) is 0 Å². The van der Waals surface area contributed by atoms with E-state index in [1.54, 1.807) is 0 Å². The Morgan fingerprint density at radius 1 is 1.20 bits per heavy atom. The van der Waals surface area contributed by atoms with Crippen LogP contribution in [0.25, 0.3) is 0 Å². The molecule has 0 amide bonds. The molecule has 1 saturated heterocycles. The summed E-state index contributed by atoms with van der Waals surface area (Å²) < 4.78 is 10.9. The Balaban J connectivity index is 1.64. The molecule has 2 fully saturated rings. The lowest BCUT2D eigenvalue weighted by atomic mass is 9.85. The smallest absolute Gasteiger partial charge is 0.0831 e. The quantitative estimate of drug-likeness (QED) is 0.774. The Labute approximate surface area is 91.8 Å². The number of aliphatic hydroxyl groups is 1. The highest BCUT2D eigenvalue weighted by Gasteiger charge is 2.24. The van der Waals surface area contributed by atoms with E-state index in [1.165, 1.54) is 32.1 Å². The van der Waals surface area contributed by atoms with Gasteiger partial charge in [-0.25, -0.2) is 0 Å². The monoisotopic (exact) mass is 214 g/mol. The maximum absolute atomic E-state index is 9.97. The second-order valence-corrected chi connectivity index (χ2v) is 4.78. The van der Waals surface area contributed by atoms with E-state index in [9.17, 15) is 5.11 Å². The van der Waals surface area contributed by atoms with Gasteiger partial charge in [-0.15, -0.1) is 0 Å². The second-order valence-electron chi connectivity index (χ2n) is 4.78. The molecule has 2 aliphatic rings. The average molecular weight is 214 g/mol. The lowest BCUT2D eigenvalue weighted by molar-refractivity contribution is -0.0389. The van der Waals surface area contributed by atoms with Crippen molar-refractivity contribution in [3.8, 4) is 0 Å². The molecule has 1 saturated carbocycles. The molecule has 1 heterocycles. The Hall–Kier alpha value is -0.120. The summed E-state index contributed by atoms with van der Waals surface area (Å²) in [5, 5.41) is 9.97. The van der Waals surface area contributed by atoms with Crippen molar-refractivity contribution in [2.75, 3.05) is 19.8 Å². The van der Waals surface area contributed by atoms with E-state index in [2.05, 4.69) is 0 Å². The van der Waals surface area contributed by atoms with Crippen molar-refractivity contribution in [1.29, 1.82) is 0 Å². The molecular weight excluding hydrogens is 192 g/mol. The van der Waals surface area contributed by atoms with Gasteiger partial charge >= 0.3 is 0 Å². The highest BCUT2D eigenvalue weighted by molar-refractivity contribution is 4.74. The average Bonchev–Trinajstić information content (AvgIpc) is 2.80. The number of aliphatic hydroxyl groups excluding tert-OH is 1. The van der Waals surface area contributed by atoms with Crippen LogP contribution in [0.4, 0.5) is 0 Å². The first-order valence-corrected chi connectivity index (χ1v) is 6.23. The summed E-state index contributed by atoms with van der Waals surface area (Å²) in [4.78, 5) is 0. The zero-order valence-corrected chi connectivity index (χ0v) is 9.36. The molecule has 0 bridgehead atoms. The summed E-state index contributed by atoms with van der Waals surface area (Å²) in [5.41, 5.74) is 0. The largest absolute Gasteiger partial charge is 0.390 e. The predicted molar refractivity (Wildman–Crippen MR) is 57.8 cm³/mol. The van der Waals surface area contributed by atoms with E-state index in [1.807, 2.05) is 0 Å². The van der Waals surface area contributed by atoms with Crippen molar-refractivity contribution in [3.05, 3.63) is 0 Å². The fraction of sp³-hybridized carbons (Fsp3) is 1.00. The van der Waals surface area contributed by atoms with Gasteiger partial charge in [0.1, 0.15) is 0 Å². The van der Waals surface area contributed by atoms with Gasteiger partial charge in [0.25, 0.3) is 0 Å². The van der Waals surface area contributed by atoms with Gasteiger partial charge in [0.05, 0.1) is 25.4 Å². The van der Waals surface area contributed by atoms with Crippen molar-refractivity contribution >= 4 is 0 Å². The molecule has 2 unspecified atom stereocenters. The van der Waals surface area contributed by atoms with Crippen LogP contribution in [-0.2, 0) is 9.47 Å². The van der Waals surface area contributed by atoms with E-state index >= 15 is 0 Å². The minimum absolute atomic E-state index is 0.225. The highest BCUT2D eigenvalue weighted by atomic mass is 16.5. The molecule has 0 radical (unpaired) electrons. The summed E-state index contributed by atoms with van der Waals surface area (Å²) >= 11 is 0. The summed E-state index contributed by atoms with van der Waals surface area (Å²) in [6, 6.07) is 0. The predicted octanol–water partition coefficient (Wildman–Crippen LogP) is 1.73. The van der Waals surface area contributed by atoms with Gasteiger partial charge in [-0.1, -0.05) is 19.3 Å². The molecule has 0 spiro atoms. The Kier molecular flexibility index (Phi) is 4.42. The van der Waals surface area contributed by atoms with Crippen LogP contribution < -0.4 is 0 Å². The molecule has 0 aromatic carbocycles.